The van der Waals surface area contributed by atoms with Gasteiger partial charge in [-0.1, -0.05) is 91.0 Å². The van der Waals surface area contributed by atoms with Gasteiger partial charge in [-0.2, -0.15) is 0 Å². The summed E-state index contributed by atoms with van der Waals surface area (Å²) in [6.45, 7) is 4.86. The van der Waals surface area contributed by atoms with Gasteiger partial charge in [-0.05, 0) is 43.9 Å². The summed E-state index contributed by atoms with van der Waals surface area (Å²) < 4.78 is 5.23. The van der Waals surface area contributed by atoms with Gasteiger partial charge in [0.1, 0.15) is 11.1 Å². The van der Waals surface area contributed by atoms with Gasteiger partial charge in [0.2, 0.25) is 11.4 Å². The quantitative estimate of drug-likeness (QED) is 0.238. The van der Waals surface area contributed by atoms with Crippen molar-refractivity contribution in [1.29, 1.82) is 0 Å². The first-order valence-corrected chi connectivity index (χ1v) is 11.7. The second kappa shape index (κ2) is 10.7. The van der Waals surface area contributed by atoms with Crippen molar-refractivity contribution in [3.05, 3.63) is 108 Å². The summed E-state index contributed by atoms with van der Waals surface area (Å²) in [5.41, 5.74) is 4.09. The molecule has 36 heavy (non-hydrogen) atoms. The highest BCUT2D eigenvalue weighted by atomic mass is 16.6. The van der Waals surface area contributed by atoms with Crippen LogP contribution in [0, 0.1) is 0 Å². The standard InChI is InChI=1S/C29H32N2O5/c1-27(2,3)36-26(35)28(30,25(33)34)20-19-24(32)31-29(21-13-7-4-8-14-21,22-15-9-5-10-16-22)23-17-11-6-12-18-23/h4-18H,19-20,30H2,1-3H3,(H,31,32)(H,33,34)/t28-/m0/s1. The van der Waals surface area contributed by atoms with Crippen LogP contribution in [0.4, 0.5) is 0 Å². The van der Waals surface area contributed by atoms with Crippen molar-refractivity contribution in [2.45, 2.75) is 50.3 Å². The SMILES string of the molecule is CC(C)(C)OC(=O)[C@](N)(CCC(=O)NC(c1ccccc1)(c1ccccc1)c1ccccc1)C(=O)O. The van der Waals surface area contributed by atoms with E-state index in [1.807, 2.05) is 91.0 Å². The van der Waals surface area contributed by atoms with E-state index in [4.69, 9.17) is 10.5 Å². The highest BCUT2D eigenvalue weighted by Crippen LogP contribution is 2.37. The lowest BCUT2D eigenvalue weighted by atomic mass is 9.76. The van der Waals surface area contributed by atoms with Crippen molar-refractivity contribution >= 4 is 17.8 Å². The Morgan fingerprint density at radius 1 is 0.778 bits per heavy atom. The van der Waals surface area contributed by atoms with Crippen LogP contribution in [0.1, 0.15) is 50.3 Å². The van der Waals surface area contributed by atoms with E-state index >= 15 is 0 Å². The van der Waals surface area contributed by atoms with Crippen molar-refractivity contribution < 1.29 is 24.2 Å². The first-order valence-electron chi connectivity index (χ1n) is 11.7. The fourth-order valence-electron chi connectivity index (χ4n) is 4.03. The number of hydrogen-bond acceptors (Lipinski definition) is 5. The predicted octanol–water partition coefficient (Wildman–Crippen LogP) is 4.00. The Balaban J connectivity index is 2.00. The molecular formula is C29H32N2O5. The van der Waals surface area contributed by atoms with Gasteiger partial charge in [-0.15, -0.1) is 0 Å². The molecular weight excluding hydrogens is 456 g/mol. The molecule has 3 aromatic rings. The number of nitrogens with one attached hydrogen (secondary N) is 1. The average molecular weight is 489 g/mol. The van der Waals surface area contributed by atoms with E-state index in [9.17, 15) is 19.5 Å². The molecule has 0 fully saturated rings. The minimum absolute atomic E-state index is 0.309. The molecule has 1 atom stereocenters. The van der Waals surface area contributed by atoms with Crippen LogP contribution in [0.15, 0.2) is 91.0 Å². The van der Waals surface area contributed by atoms with Crippen molar-refractivity contribution in [2.75, 3.05) is 0 Å². The molecule has 0 spiro atoms. The van der Waals surface area contributed by atoms with Crippen LogP contribution < -0.4 is 11.1 Å². The van der Waals surface area contributed by atoms with Gasteiger partial charge in [0.25, 0.3) is 0 Å². The third-order valence-corrected chi connectivity index (χ3v) is 5.84. The summed E-state index contributed by atoms with van der Waals surface area (Å²) >= 11 is 0. The molecule has 0 aliphatic heterocycles. The van der Waals surface area contributed by atoms with Gasteiger partial charge in [-0.25, -0.2) is 9.59 Å². The largest absolute Gasteiger partial charge is 0.479 e. The summed E-state index contributed by atoms with van der Waals surface area (Å²) in [5, 5.41) is 12.9. The Morgan fingerprint density at radius 3 is 1.50 bits per heavy atom. The zero-order valence-electron chi connectivity index (χ0n) is 20.7. The number of nitrogens with two attached hydrogens (primary N) is 1. The van der Waals surface area contributed by atoms with Crippen molar-refractivity contribution in [3.8, 4) is 0 Å². The number of hydrogen-bond donors (Lipinski definition) is 3. The Morgan fingerprint density at radius 2 is 1.17 bits per heavy atom. The minimum Gasteiger partial charge on any atom is -0.479 e. The summed E-state index contributed by atoms with van der Waals surface area (Å²) in [7, 11) is 0. The molecule has 0 saturated carbocycles. The number of benzene rings is 3. The molecule has 0 saturated heterocycles. The maximum atomic E-state index is 13.4. The molecule has 3 aromatic carbocycles. The van der Waals surface area contributed by atoms with Crippen LogP contribution in [-0.4, -0.2) is 34.1 Å². The fourth-order valence-corrected chi connectivity index (χ4v) is 4.03. The minimum atomic E-state index is -2.36. The van der Waals surface area contributed by atoms with Crippen molar-refractivity contribution in [1.82, 2.24) is 5.32 Å². The normalized spacial score (nSPS) is 13.3. The molecule has 0 aliphatic rings. The second-order valence-electron chi connectivity index (χ2n) is 9.67. The average Bonchev–Trinajstić information content (AvgIpc) is 2.86. The van der Waals surface area contributed by atoms with E-state index in [2.05, 4.69) is 5.32 Å². The van der Waals surface area contributed by atoms with E-state index in [-0.39, 0.29) is 6.42 Å². The Kier molecular flexibility index (Phi) is 7.95. The molecule has 1 amide bonds. The smallest absolute Gasteiger partial charge is 0.338 e. The van der Waals surface area contributed by atoms with Gasteiger partial charge in [0.15, 0.2) is 0 Å². The topological polar surface area (TPSA) is 119 Å². The summed E-state index contributed by atoms with van der Waals surface area (Å²) in [6, 6.07) is 28.5. The zero-order chi connectivity index (χ0) is 26.4. The van der Waals surface area contributed by atoms with Crippen LogP contribution in [0.25, 0.3) is 0 Å². The molecule has 188 valence electrons. The third-order valence-electron chi connectivity index (χ3n) is 5.84. The van der Waals surface area contributed by atoms with Gasteiger partial charge < -0.3 is 20.9 Å². The van der Waals surface area contributed by atoms with Gasteiger partial charge >= 0.3 is 11.9 Å². The molecule has 0 radical (unpaired) electrons. The molecule has 7 heteroatoms. The number of aliphatic carboxylic acids is 1. The van der Waals surface area contributed by atoms with E-state index in [1.165, 1.54) is 0 Å². The Labute approximate surface area is 211 Å². The monoisotopic (exact) mass is 488 g/mol. The van der Waals surface area contributed by atoms with E-state index in [0.29, 0.717) is 0 Å². The lowest BCUT2D eigenvalue weighted by Gasteiger charge is -2.37. The number of carbonyl (C=O) groups is 3. The maximum absolute atomic E-state index is 13.4. The molecule has 0 bridgehead atoms. The Hall–Kier alpha value is -3.97. The molecule has 3 rings (SSSR count). The number of rotatable bonds is 9. The van der Waals surface area contributed by atoms with Crippen molar-refractivity contribution in [2.24, 2.45) is 5.73 Å². The molecule has 4 N–H and O–H groups in total. The van der Waals surface area contributed by atoms with Crippen LogP contribution in [0.3, 0.4) is 0 Å². The van der Waals surface area contributed by atoms with E-state index < -0.39 is 40.9 Å². The predicted molar refractivity (Wildman–Crippen MR) is 137 cm³/mol. The Bertz CT molecular complexity index is 1090. The molecule has 7 nitrogen and oxygen atoms in total. The first kappa shape index (κ1) is 26.6. The number of ether oxygens (including phenoxy) is 1. The fraction of sp³-hybridized carbons (Fsp3) is 0.276. The molecule has 0 heterocycles. The molecule has 0 aromatic heterocycles. The summed E-state index contributed by atoms with van der Waals surface area (Å²) in [4.78, 5) is 38.0. The van der Waals surface area contributed by atoms with Crippen LogP contribution >= 0.6 is 0 Å². The van der Waals surface area contributed by atoms with E-state index in [1.54, 1.807) is 20.8 Å². The lowest BCUT2D eigenvalue weighted by Crippen LogP contribution is -2.58. The van der Waals surface area contributed by atoms with Crippen LogP contribution in [-0.2, 0) is 24.7 Å². The van der Waals surface area contributed by atoms with Crippen molar-refractivity contribution in [3.63, 3.8) is 0 Å². The van der Waals surface area contributed by atoms with Crippen LogP contribution in [0.5, 0.6) is 0 Å². The van der Waals surface area contributed by atoms with Gasteiger partial charge in [-0.3, -0.25) is 4.79 Å². The number of esters is 1. The number of amides is 1. The highest BCUT2D eigenvalue weighted by molar-refractivity contribution is 6.04. The number of carboxylic acid groups (broad SMARTS) is 1. The third kappa shape index (κ3) is 5.80. The van der Waals surface area contributed by atoms with Crippen LogP contribution in [0.2, 0.25) is 0 Å². The zero-order valence-corrected chi connectivity index (χ0v) is 20.7. The summed E-state index contributed by atoms with van der Waals surface area (Å²) in [6.07, 6.45) is -0.742. The second-order valence-corrected chi connectivity index (χ2v) is 9.67. The number of carboxylic acids is 1. The van der Waals surface area contributed by atoms with Gasteiger partial charge in [0.05, 0.1) is 0 Å². The van der Waals surface area contributed by atoms with Gasteiger partial charge in [0, 0.05) is 6.42 Å². The molecule has 0 unspecified atom stereocenters. The first-order chi connectivity index (χ1) is 17.0. The maximum Gasteiger partial charge on any atom is 0.338 e. The highest BCUT2D eigenvalue weighted by Gasteiger charge is 2.46. The summed E-state index contributed by atoms with van der Waals surface area (Å²) in [5.74, 6) is -3.10. The number of carbonyl (C=O) groups excluding carboxylic acids is 2. The van der Waals surface area contributed by atoms with E-state index in [0.717, 1.165) is 16.7 Å². The lowest BCUT2D eigenvalue weighted by molar-refractivity contribution is -0.169. The molecule has 0 aliphatic carbocycles.